The molecule has 0 radical (unpaired) electrons. The van der Waals surface area contributed by atoms with Gasteiger partial charge in [0.1, 0.15) is 0 Å². The zero-order valence-electron chi connectivity index (χ0n) is 12.6. The molecule has 0 saturated heterocycles. The summed E-state index contributed by atoms with van der Waals surface area (Å²) in [6.45, 7) is 7.38. The van der Waals surface area contributed by atoms with Gasteiger partial charge in [-0.2, -0.15) is 0 Å². The van der Waals surface area contributed by atoms with Crippen molar-refractivity contribution in [3.63, 3.8) is 0 Å². The molecular formula is C14H25N3O3. The second kappa shape index (κ2) is 9.50. The van der Waals surface area contributed by atoms with E-state index in [1.54, 1.807) is 24.1 Å². The summed E-state index contributed by atoms with van der Waals surface area (Å²) >= 11 is 0. The van der Waals surface area contributed by atoms with Crippen LogP contribution in [0.5, 0.6) is 0 Å². The molecule has 0 aliphatic carbocycles. The molecule has 0 bridgehead atoms. The van der Waals surface area contributed by atoms with Gasteiger partial charge in [-0.05, 0) is 12.3 Å². The summed E-state index contributed by atoms with van der Waals surface area (Å²) in [5.41, 5.74) is -0.0681. The highest BCUT2D eigenvalue weighted by atomic mass is 16.5. The van der Waals surface area contributed by atoms with Gasteiger partial charge in [0.25, 0.3) is 5.56 Å². The highest BCUT2D eigenvalue weighted by Gasteiger charge is 2.05. The van der Waals surface area contributed by atoms with Gasteiger partial charge in [-0.3, -0.25) is 4.79 Å². The lowest BCUT2D eigenvalue weighted by atomic mass is 10.2. The number of ether oxygens (including phenoxy) is 2. The molecule has 6 heteroatoms. The summed E-state index contributed by atoms with van der Waals surface area (Å²) in [5, 5.41) is 3.06. The Kier molecular flexibility index (Phi) is 7.91. The van der Waals surface area contributed by atoms with Crippen molar-refractivity contribution in [3.8, 4) is 0 Å². The highest BCUT2D eigenvalue weighted by molar-refractivity contribution is 5.30. The Labute approximate surface area is 120 Å². The van der Waals surface area contributed by atoms with Gasteiger partial charge in [-0.25, -0.2) is 4.98 Å². The minimum atomic E-state index is -0.0681. The lowest BCUT2D eigenvalue weighted by molar-refractivity contribution is 0.0705. The van der Waals surface area contributed by atoms with Gasteiger partial charge in [0, 0.05) is 39.2 Å². The van der Waals surface area contributed by atoms with E-state index in [0.717, 1.165) is 6.42 Å². The normalized spacial score (nSPS) is 11.0. The molecule has 0 amide bonds. The number of hydrogen-bond acceptors (Lipinski definition) is 5. The molecule has 1 N–H and O–H groups in total. The average Bonchev–Trinajstić information content (AvgIpc) is 2.41. The lowest BCUT2D eigenvalue weighted by Gasteiger charge is -2.10. The summed E-state index contributed by atoms with van der Waals surface area (Å²) in [6.07, 6.45) is 4.20. The van der Waals surface area contributed by atoms with E-state index in [1.165, 1.54) is 0 Å². The summed E-state index contributed by atoms with van der Waals surface area (Å²) in [7, 11) is 1.65. The summed E-state index contributed by atoms with van der Waals surface area (Å²) in [5.74, 6) is 0.835. The fourth-order valence-corrected chi connectivity index (χ4v) is 1.73. The number of methoxy groups -OCH3 is 1. The third kappa shape index (κ3) is 6.16. The minimum absolute atomic E-state index is 0.0681. The monoisotopic (exact) mass is 283 g/mol. The molecule has 1 aromatic rings. The number of aromatic nitrogens is 2. The van der Waals surface area contributed by atoms with Gasteiger partial charge in [0.15, 0.2) is 5.82 Å². The Morgan fingerprint density at radius 3 is 2.85 bits per heavy atom. The predicted octanol–water partition coefficient (Wildman–Crippen LogP) is 1.36. The Balaban J connectivity index is 2.35. The van der Waals surface area contributed by atoms with Gasteiger partial charge in [0.2, 0.25) is 0 Å². The van der Waals surface area contributed by atoms with Crippen LogP contribution >= 0.6 is 0 Å². The Morgan fingerprint density at radius 2 is 2.15 bits per heavy atom. The lowest BCUT2D eigenvalue weighted by Crippen LogP contribution is -2.26. The maximum Gasteiger partial charge on any atom is 0.293 e. The van der Waals surface area contributed by atoms with Crippen molar-refractivity contribution >= 4 is 5.82 Å². The van der Waals surface area contributed by atoms with Crippen LogP contribution in [-0.2, 0) is 16.0 Å². The number of hydrogen-bond donors (Lipinski definition) is 1. The number of rotatable bonds is 10. The SMILES string of the molecule is COCCOCCCNc1nccn(CC(C)C)c1=O. The van der Waals surface area contributed by atoms with Crippen LogP contribution in [0, 0.1) is 5.92 Å². The van der Waals surface area contributed by atoms with Gasteiger partial charge < -0.3 is 19.4 Å². The molecular weight excluding hydrogens is 258 g/mol. The maximum atomic E-state index is 12.1. The first-order valence-electron chi connectivity index (χ1n) is 7.01. The van der Waals surface area contributed by atoms with Crippen LogP contribution in [0.1, 0.15) is 20.3 Å². The molecule has 0 atom stereocenters. The summed E-state index contributed by atoms with van der Waals surface area (Å²) < 4.78 is 11.9. The van der Waals surface area contributed by atoms with Crippen molar-refractivity contribution in [2.24, 2.45) is 5.92 Å². The zero-order chi connectivity index (χ0) is 14.8. The van der Waals surface area contributed by atoms with Gasteiger partial charge in [0.05, 0.1) is 13.2 Å². The second-order valence-corrected chi connectivity index (χ2v) is 5.01. The maximum absolute atomic E-state index is 12.1. The highest BCUT2D eigenvalue weighted by Crippen LogP contribution is 1.98. The Hall–Kier alpha value is -1.40. The standard InChI is InChI=1S/C14H25N3O3/c1-12(2)11-17-7-6-16-13(14(17)18)15-5-4-8-20-10-9-19-3/h6-7,12H,4-5,8-11H2,1-3H3,(H,15,16). The largest absolute Gasteiger partial charge is 0.382 e. The fourth-order valence-electron chi connectivity index (χ4n) is 1.73. The first-order chi connectivity index (χ1) is 9.65. The predicted molar refractivity (Wildman–Crippen MR) is 79.1 cm³/mol. The number of nitrogens with zero attached hydrogens (tertiary/aromatic N) is 2. The van der Waals surface area contributed by atoms with Crippen LogP contribution in [0.3, 0.4) is 0 Å². The van der Waals surface area contributed by atoms with Gasteiger partial charge in [-0.1, -0.05) is 13.8 Å². The molecule has 0 aromatic carbocycles. The van der Waals surface area contributed by atoms with Crippen molar-refractivity contribution in [3.05, 3.63) is 22.7 Å². The van der Waals surface area contributed by atoms with E-state index in [0.29, 0.717) is 44.6 Å². The van der Waals surface area contributed by atoms with Gasteiger partial charge >= 0.3 is 0 Å². The molecule has 20 heavy (non-hydrogen) atoms. The van der Waals surface area contributed by atoms with Crippen LogP contribution in [0.25, 0.3) is 0 Å². The third-order valence-corrected chi connectivity index (χ3v) is 2.67. The molecule has 6 nitrogen and oxygen atoms in total. The van der Waals surface area contributed by atoms with E-state index in [9.17, 15) is 4.79 Å². The molecule has 114 valence electrons. The average molecular weight is 283 g/mol. The van der Waals surface area contributed by atoms with Crippen molar-refractivity contribution in [2.45, 2.75) is 26.8 Å². The summed E-state index contributed by atoms with van der Waals surface area (Å²) in [6, 6.07) is 0. The summed E-state index contributed by atoms with van der Waals surface area (Å²) in [4.78, 5) is 16.2. The first kappa shape index (κ1) is 16.7. The Bertz CT molecular complexity index is 432. The molecule has 0 unspecified atom stereocenters. The molecule has 0 aliphatic rings. The van der Waals surface area contributed by atoms with Crippen molar-refractivity contribution in [2.75, 3.05) is 38.8 Å². The van der Waals surface area contributed by atoms with Gasteiger partial charge in [-0.15, -0.1) is 0 Å². The smallest absolute Gasteiger partial charge is 0.293 e. The third-order valence-electron chi connectivity index (χ3n) is 2.67. The molecule has 1 aromatic heterocycles. The molecule has 0 fully saturated rings. The van der Waals surface area contributed by atoms with Crippen molar-refractivity contribution in [1.29, 1.82) is 0 Å². The van der Waals surface area contributed by atoms with E-state index in [2.05, 4.69) is 24.1 Å². The molecule has 1 heterocycles. The van der Waals surface area contributed by atoms with Crippen LogP contribution in [-0.4, -0.2) is 43.0 Å². The zero-order valence-corrected chi connectivity index (χ0v) is 12.6. The number of nitrogens with one attached hydrogen (secondary N) is 1. The quantitative estimate of drug-likeness (QED) is 0.657. The van der Waals surface area contributed by atoms with Crippen LogP contribution in [0.2, 0.25) is 0 Å². The number of anilines is 1. The first-order valence-corrected chi connectivity index (χ1v) is 7.01. The van der Waals surface area contributed by atoms with Crippen molar-refractivity contribution < 1.29 is 9.47 Å². The molecule has 1 rings (SSSR count). The minimum Gasteiger partial charge on any atom is -0.382 e. The van der Waals surface area contributed by atoms with Crippen molar-refractivity contribution in [1.82, 2.24) is 9.55 Å². The fraction of sp³-hybridized carbons (Fsp3) is 0.714. The molecule has 0 spiro atoms. The van der Waals surface area contributed by atoms with Crippen LogP contribution in [0.4, 0.5) is 5.82 Å². The van der Waals surface area contributed by atoms with E-state index < -0.39 is 0 Å². The molecule has 0 aliphatic heterocycles. The van der Waals surface area contributed by atoms with Crippen LogP contribution < -0.4 is 10.9 Å². The second-order valence-electron chi connectivity index (χ2n) is 5.01. The van der Waals surface area contributed by atoms with E-state index in [-0.39, 0.29) is 5.56 Å². The topological polar surface area (TPSA) is 65.4 Å². The molecule has 0 saturated carbocycles. The van der Waals surface area contributed by atoms with Crippen LogP contribution in [0.15, 0.2) is 17.2 Å². The van der Waals surface area contributed by atoms with E-state index >= 15 is 0 Å². The van der Waals surface area contributed by atoms with E-state index in [4.69, 9.17) is 9.47 Å². The van der Waals surface area contributed by atoms with E-state index in [1.807, 2.05) is 0 Å². The Morgan fingerprint density at radius 1 is 1.35 bits per heavy atom.